The monoisotopic (exact) mass is 293 g/mol. The summed E-state index contributed by atoms with van der Waals surface area (Å²) in [4.78, 5) is 4.77. The van der Waals surface area contributed by atoms with Crippen LogP contribution >= 0.6 is 11.6 Å². The average molecular weight is 294 g/mol. The summed E-state index contributed by atoms with van der Waals surface area (Å²) in [6.07, 6.45) is 0. The van der Waals surface area contributed by atoms with Crippen LogP contribution in [0.3, 0.4) is 0 Å². The van der Waals surface area contributed by atoms with Gasteiger partial charge in [-0.25, -0.2) is 0 Å². The quantitative estimate of drug-likeness (QED) is 0.573. The van der Waals surface area contributed by atoms with E-state index in [4.69, 9.17) is 16.6 Å². The summed E-state index contributed by atoms with van der Waals surface area (Å²) in [5, 5.41) is 3.11. The highest BCUT2D eigenvalue weighted by Gasteiger charge is 2.14. The van der Waals surface area contributed by atoms with E-state index in [-0.39, 0.29) is 0 Å². The van der Waals surface area contributed by atoms with Gasteiger partial charge in [0.1, 0.15) is 0 Å². The SMILES string of the molecule is C=C(C)c1nc(C)c2ccccc2c1-c1ccc(Cl)cc1. The molecule has 0 unspecified atom stereocenters. The van der Waals surface area contributed by atoms with E-state index in [0.717, 1.165) is 33.1 Å². The lowest BCUT2D eigenvalue weighted by Gasteiger charge is -2.15. The van der Waals surface area contributed by atoms with E-state index in [1.54, 1.807) is 0 Å². The first-order valence-electron chi connectivity index (χ1n) is 6.89. The van der Waals surface area contributed by atoms with Gasteiger partial charge in [0.25, 0.3) is 0 Å². The molecule has 2 heteroatoms. The lowest BCUT2D eigenvalue weighted by Crippen LogP contribution is -1.96. The molecule has 2 aromatic carbocycles. The molecule has 0 spiro atoms. The number of aromatic nitrogens is 1. The van der Waals surface area contributed by atoms with Crippen LogP contribution in [-0.4, -0.2) is 4.98 Å². The molecule has 104 valence electrons. The summed E-state index contributed by atoms with van der Waals surface area (Å²) < 4.78 is 0. The maximum atomic E-state index is 6.01. The van der Waals surface area contributed by atoms with Crippen LogP contribution in [0.2, 0.25) is 5.02 Å². The minimum Gasteiger partial charge on any atom is -0.252 e. The summed E-state index contributed by atoms with van der Waals surface area (Å²) >= 11 is 6.01. The molecule has 1 nitrogen and oxygen atoms in total. The predicted molar refractivity (Wildman–Crippen MR) is 91.6 cm³/mol. The molecule has 3 aromatic rings. The minimum absolute atomic E-state index is 0.736. The molecule has 0 radical (unpaired) electrons. The third-order valence-corrected chi connectivity index (χ3v) is 3.89. The number of fused-ring (bicyclic) bond motifs is 1. The highest BCUT2D eigenvalue weighted by atomic mass is 35.5. The lowest BCUT2D eigenvalue weighted by atomic mass is 9.94. The van der Waals surface area contributed by atoms with E-state index < -0.39 is 0 Å². The number of halogens is 1. The Balaban J connectivity index is 2.43. The first kappa shape index (κ1) is 13.8. The van der Waals surface area contributed by atoms with Crippen LogP contribution in [0.15, 0.2) is 55.1 Å². The fourth-order valence-electron chi connectivity index (χ4n) is 2.65. The topological polar surface area (TPSA) is 12.9 Å². The zero-order chi connectivity index (χ0) is 15.0. The number of hydrogen-bond acceptors (Lipinski definition) is 1. The van der Waals surface area contributed by atoms with Gasteiger partial charge in [-0.15, -0.1) is 0 Å². The van der Waals surface area contributed by atoms with Gasteiger partial charge >= 0.3 is 0 Å². The van der Waals surface area contributed by atoms with E-state index in [2.05, 4.69) is 24.8 Å². The van der Waals surface area contributed by atoms with Crippen molar-refractivity contribution in [2.75, 3.05) is 0 Å². The van der Waals surface area contributed by atoms with Gasteiger partial charge < -0.3 is 0 Å². The molecule has 3 rings (SSSR count). The Morgan fingerprint density at radius 3 is 2.24 bits per heavy atom. The van der Waals surface area contributed by atoms with Gasteiger partial charge in [0.2, 0.25) is 0 Å². The molecule has 21 heavy (non-hydrogen) atoms. The summed E-state index contributed by atoms with van der Waals surface area (Å²) in [5.41, 5.74) is 5.19. The van der Waals surface area contributed by atoms with Crippen LogP contribution in [0.4, 0.5) is 0 Å². The highest BCUT2D eigenvalue weighted by molar-refractivity contribution is 6.30. The second-order valence-corrected chi connectivity index (χ2v) is 5.69. The molecule has 0 aliphatic heterocycles. The van der Waals surface area contributed by atoms with Crippen molar-refractivity contribution in [3.05, 3.63) is 71.5 Å². The Morgan fingerprint density at radius 2 is 1.62 bits per heavy atom. The number of hydrogen-bond donors (Lipinski definition) is 0. The van der Waals surface area contributed by atoms with Gasteiger partial charge in [-0.2, -0.15) is 0 Å². The van der Waals surface area contributed by atoms with Crippen LogP contribution in [0.1, 0.15) is 18.3 Å². The number of nitrogens with zero attached hydrogens (tertiary/aromatic N) is 1. The smallest absolute Gasteiger partial charge is 0.0740 e. The second-order valence-electron chi connectivity index (χ2n) is 5.25. The van der Waals surface area contributed by atoms with Crippen molar-refractivity contribution in [2.24, 2.45) is 0 Å². The van der Waals surface area contributed by atoms with Crippen LogP contribution in [0, 0.1) is 6.92 Å². The molecule has 0 fully saturated rings. The predicted octanol–water partition coefficient (Wildman–Crippen LogP) is 5.90. The van der Waals surface area contributed by atoms with E-state index in [1.165, 1.54) is 10.8 Å². The van der Waals surface area contributed by atoms with Crippen LogP contribution in [0.5, 0.6) is 0 Å². The van der Waals surface area contributed by atoms with Crippen molar-refractivity contribution in [3.63, 3.8) is 0 Å². The first-order valence-corrected chi connectivity index (χ1v) is 7.27. The molecule has 1 aromatic heterocycles. The van der Waals surface area contributed by atoms with E-state index in [9.17, 15) is 0 Å². The Bertz CT molecular complexity index is 832. The fraction of sp³-hybridized carbons (Fsp3) is 0.105. The van der Waals surface area contributed by atoms with E-state index >= 15 is 0 Å². The van der Waals surface area contributed by atoms with Crippen LogP contribution < -0.4 is 0 Å². The average Bonchev–Trinajstić information content (AvgIpc) is 2.48. The number of rotatable bonds is 2. The molecule has 0 amide bonds. The molecular formula is C19H16ClN. The van der Waals surface area contributed by atoms with Crippen molar-refractivity contribution in [1.29, 1.82) is 0 Å². The molecule has 0 N–H and O–H groups in total. The largest absolute Gasteiger partial charge is 0.252 e. The van der Waals surface area contributed by atoms with Gasteiger partial charge in [0.05, 0.1) is 5.69 Å². The molecule has 0 saturated carbocycles. The zero-order valence-corrected chi connectivity index (χ0v) is 12.9. The molecule has 0 aliphatic carbocycles. The van der Waals surface area contributed by atoms with Crippen LogP contribution in [0.25, 0.3) is 27.5 Å². The molecule has 0 bridgehead atoms. The Morgan fingerprint density at radius 1 is 1.00 bits per heavy atom. The molecule has 0 aliphatic rings. The number of allylic oxidation sites excluding steroid dienone is 1. The van der Waals surface area contributed by atoms with Gasteiger partial charge in [-0.1, -0.05) is 54.6 Å². The Hall–Kier alpha value is -2.12. The van der Waals surface area contributed by atoms with Gasteiger partial charge in [-0.05, 0) is 42.5 Å². The number of benzene rings is 2. The maximum Gasteiger partial charge on any atom is 0.0740 e. The normalized spacial score (nSPS) is 10.8. The lowest BCUT2D eigenvalue weighted by molar-refractivity contribution is 1.20. The summed E-state index contributed by atoms with van der Waals surface area (Å²) in [6, 6.07) is 16.2. The van der Waals surface area contributed by atoms with Crippen molar-refractivity contribution >= 4 is 27.9 Å². The van der Waals surface area contributed by atoms with Gasteiger partial charge in [-0.3, -0.25) is 4.98 Å². The highest BCUT2D eigenvalue weighted by Crippen LogP contribution is 2.35. The van der Waals surface area contributed by atoms with Crippen molar-refractivity contribution in [2.45, 2.75) is 13.8 Å². The van der Waals surface area contributed by atoms with E-state index in [0.29, 0.717) is 0 Å². The third kappa shape index (κ3) is 2.45. The van der Waals surface area contributed by atoms with Crippen molar-refractivity contribution in [1.82, 2.24) is 4.98 Å². The molecule has 0 saturated heterocycles. The number of pyridine rings is 1. The van der Waals surface area contributed by atoms with Gasteiger partial charge in [0, 0.05) is 21.7 Å². The zero-order valence-electron chi connectivity index (χ0n) is 12.2. The standard InChI is InChI=1S/C19H16ClN/c1-12(2)19-18(14-8-10-15(20)11-9-14)17-7-5-4-6-16(17)13(3)21-19/h4-11H,1H2,2-3H3. The molecule has 1 heterocycles. The van der Waals surface area contributed by atoms with E-state index in [1.807, 2.05) is 44.2 Å². The number of aryl methyl sites for hydroxylation is 1. The first-order chi connectivity index (χ1) is 10.1. The van der Waals surface area contributed by atoms with Gasteiger partial charge in [0.15, 0.2) is 0 Å². The second kappa shape index (κ2) is 5.34. The van der Waals surface area contributed by atoms with Crippen molar-refractivity contribution < 1.29 is 0 Å². The Kier molecular flexibility index (Phi) is 3.52. The summed E-state index contributed by atoms with van der Waals surface area (Å²) in [6.45, 7) is 8.13. The maximum absolute atomic E-state index is 6.01. The van der Waals surface area contributed by atoms with Crippen LogP contribution in [-0.2, 0) is 0 Å². The summed E-state index contributed by atoms with van der Waals surface area (Å²) in [7, 11) is 0. The summed E-state index contributed by atoms with van der Waals surface area (Å²) in [5.74, 6) is 0. The third-order valence-electron chi connectivity index (χ3n) is 3.64. The molecular weight excluding hydrogens is 278 g/mol. The fourth-order valence-corrected chi connectivity index (χ4v) is 2.77. The van der Waals surface area contributed by atoms with Crippen molar-refractivity contribution in [3.8, 4) is 11.1 Å². The minimum atomic E-state index is 0.736. The Labute approximate surface area is 129 Å². The molecule has 0 atom stereocenters.